The molecule has 2 aliphatic heterocycles. The summed E-state index contributed by atoms with van der Waals surface area (Å²) in [5.74, 6) is -2.48. The van der Waals surface area contributed by atoms with Crippen molar-refractivity contribution in [2.75, 3.05) is 6.26 Å². The number of carboxylic acid groups (broad SMARTS) is 1. The number of β-lactam (4-membered cyclic amide) rings is 1. The Morgan fingerprint density at radius 2 is 2.06 bits per heavy atom. The molecular formula is C24H25N3O4S2. The molecule has 0 bridgehead atoms. The molecule has 3 aromatic rings. The van der Waals surface area contributed by atoms with Crippen LogP contribution in [0.1, 0.15) is 24.3 Å². The smallest absolute Gasteiger partial charge is 0.250 e. The van der Waals surface area contributed by atoms with Gasteiger partial charge in [0.2, 0.25) is 15.8 Å². The summed E-state index contributed by atoms with van der Waals surface area (Å²) in [6.45, 7) is 4.35. The number of aliphatic hydroxyl groups excluding tert-OH is 1. The van der Waals surface area contributed by atoms with E-state index in [1.807, 2.05) is 48.3 Å². The Hall–Kier alpha value is -2.62. The highest BCUT2D eigenvalue weighted by Crippen LogP contribution is 2.51. The monoisotopic (exact) mass is 483 g/mol. The Morgan fingerprint density at radius 1 is 1.33 bits per heavy atom. The standard InChI is InChI=1S/C24H25N3O4S2/c1-13-17(20(24(30)31)27-19(13)18(14(2)28)21(27)29)16-11-26-12-25(22(32-3)23(26)33-16)10-9-15-7-5-4-6-8-15/h4-8,11-14,18-19,28H,9-10H2,1-3H3/t13?,14-,18-,19+/m1/s1. The molecule has 9 heteroatoms. The Kier molecular flexibility index (Phi) is 5.58. The predicted molar refractivity (Wildman–Crippen MR) is 124 cm³/mol. The van der Waals surface area contributed by atoms with Gasteiger partial charge in [-0.05, 0) is 18.7 Å². The van der Waals surface area contributed by atoms with Gasteiger partial charge in [-0.3, -0.25) is 4.79 Å². The van der Waals surface area contributed by atoms with Gasteiger partial charge >= 0.3 is 0 Å². The van der Waals surface area contributed by atoms with E-state index in [0.29, 0.717) is 5.57 Å². The number of aliphatic carboxylic acids is 1. The van der Waals surface area contributed by atoms with Crippen molar-refractivity contribution in [3.63, 3.8) is 0 Å². The average molecular weight is 484 g/mol. The number of hydrogen-bond donors (Lipinski definition) is 1. The van der Waals surface area contributed by atoms with Gasteiger partial charge in [0.1, 0.15) is 6.20 Å². The number of benzene rings is 1. The van der Waals surface area contributed by atoms with Crippen LogP contribution in [0.2, 0.25) is 0 Å². The first-order valence-corrected chi connectivity index (χ1v) is 13.0. The van der Waals surface area contributed by atoms with E-state index in [1.54, 1.807) is 18.7 Å². The number of thiazole rings is 1. The van der Waals surface area contributed by atoms with Crippen LogP contribution in [-0.2, 0) is 22.6 Å². The Morgan fingerprint density at radius 3 is 2.70 bits per heavy atom. The quantitative estimate of drug-likeness (QED) is 0.313. The molecule has 5 rings (SSSR count). The lowest BCUT2D eigenvalue weighted by molar-refractivity contribution is -0.729. The zero-order valence-corrected chi connectivity index (χ0v) is 20.2. The second-order valence-corrected chi connectivity index (χ2v) is 10.5. The molecule has 0 saturated carbocycles. The summed E-state index contributed by atoms with van der Waals surface area (Å²) < 4.78 is 4.26. The molecule has 0 spiro atoms. The van der Waals surface area contributed by atoms with Crippen molar-refractivity contribution in [3.05, 3.63) is 59.0 Å². The number of amides is 1. The van der Waals surface area contributed by atoms with Crippen molar-refractivity contribution in [1.29, 1.82) is 0 Å². The van der Waals surface area contributed by atoms with Crippen LogP contribution in [0.3, 0.4) is 0 Å². The van der Waals surface area contributed by atoms with E-state index in [1.165, 1.54) is 21.8 Å². The number of thioether (sulfide) groups is 1. The molecule has 33 heavy (non-hydrogen) atoms. The van der Waals surface area contributed by atoms with E-state index in [9.17, 15) is 19.8 Å². The third-order valence-corrected chi connectivity index (χ3v) is 8.80. The topological polar surface area (TPSA) is 89.0 Å². The fraction of sp³-hybridized carbons (Fsp3) is 0.375. The Balaban J connectivity index is 1.51. The zero-order chi connectivity index (χ0) is 23.4. The third kappa shape index (κ3) is 3.41. The van der Waals surface area contributed by atoms with Crippen LogP contribution in [0.25, 0.3) is 10.4 Å². The van der Waals surface area contributed by atoms with E-state index >= 15 is 0 Å². The summed E-state index contributed by atoms with van der Waals surface area (Å²) >= 11 is 3.19. The molecule has 0 aliphatic carbocycles. The van der Waals surface area contributed by atoms with E-state index in [0.717, 1.165) is 27.7 Å². The first kappa shape index (κ1) is 22.2. The number of carbonyl (C=O) groups excluding carboxylic acids is 2. The average Bonchev–Trinajstić information content (AvgIpc) is 3.39. The fourth-order valence-corrected chi connectivity index (χ4v) is 7.40. The number of fused-ring (bicyclic) bond motifs is 2. The highest BCUT2D eigenvalue weighted by Gasteiger charge is 2.59. The van der Waals surface area contributed by atoms with Crippen molar-refractivity contribution in [2.45, 2.75) is 44.0 Å². The second-order valence-electron chi connectivity index (χ2n) is 8.67. The van der Waals surface area contributed by atoms with Crippen LogP contribution in [0, 0.1) is 11.8 Å². The number of aromatic nitrogens is 2. The van der Waals surface area contributed by atoms with Gasteiger partial charge in [0.15, 0.2) is 0 Å². The summed E-state index contributed by atoms with van der Waals surface area (Å²) in [5.41, 5.74) is 1.84. The van der Waals surface area contributed by atoms with E-state index in [2.05, 4.69) is 16.7 Å². The van der Waals surface area contributed by atoms with E-state index < -0.39 is 18.0 Å². The van der Waals surface area contributed by atoms with Gasteiger partial charge in [-0.2, -0.15) is 4.40 Å². The number of hydrogen-bond acceptors (Lipinski definition) is 6. The minimum absolute atomic E-state index is 0.0541. The van der Waals surface area contributed by atoms with E-state index in [4.69, 9.17) is 0 Å². The van der Waals surface area contributed by atoms with Crippen molar-refractivity contribution in [2.24, 2.45) is 11.8 Å². The normalized spacial score (nSPS) is 23.2. The molecule has 1 N–H and O–H groups in total. The molecule has 1 unspecified atom stereocenters. The summed E-state index contributed by atoms with van der Waals surface area (Å²) in [4.78, 5) is 27.8. The SMILES string of the molecule is CSc1c2sc(C3=C(C(=O)[O-])N4C(=O)[C@H]([C@@H](C)O)[C@@H]4C3C)cn2c[n+]1CCc1ccccc1. The molecule has 0 radical (unpaired) electrons. The molecule has 1 aromatic carbocycles. The molecule has 1 fully saturated rings. The molecule has 4 heterocycles. The third-order valence-electron chi connectivity index (χ3n) is 6.71. The molecule has 1 saturated heterocycles. The van der Waals surface area contributed by atoms with Gasteiger partial charge in [-0.15, -0.1) is 0 Å². The highest BCUT2D eigenvalue weighted by atomic mass is 32.2. The van der Waals surface area contributed by atoms with Gasteiger partial charge in [0.05, 0.1) is 41.2 Å². The van der Waals surface area contributed by atoms with Gasteiger partial charge in [-0.25, -0.2) is 4.57 Å². The summed E-state index contributed by atoms with van der Waals surface area (Å²) in [6.07, 6.45) is 6.12. The molecule has 1 amide bonds. The van der Waals surface area contributed by atoms with Crippen molar-refractivity contribution in [3.8, 4) is 0 Å². The molecule has 2 aromatic heterocycles. The number of aliphatic hydroxyl groups is 1. The Bertz CT molecular complexity index is 1280. The first-order valence-electron chi connectivity index (χ1n) is 10.9. The largest absolute Gasteiger partial charge is 0.543 e. The van der Waals surface area contributed by atoms with Crippen molar-refractivity contribution in [1.82, 2.24) is 9.30 Å². The minimum atomic E-state index is -1.35. The summed E-state index contributed by atoms with van der Waals surface area (Å²) in [6, 6.07) is 9.99. The van der Waals surface area contributed by atoms with Gasteiger partial charge < -0.3 is 19.9 Å². The van der Waals surface area contributed by atoms with Crippen LogP contribution >= 0.6 is 23.1 Å². The molecule has 2 aliphatic rings. The fourth-order valence-electron chi connectivity index (χ4n) is 5.20. The highest BCUT2D eigenvalue weighted by molar-refractivity contribution is 7.98. The molecular weight excluding hydrogens is 458 g/mol. The van der Waals surface area contributed by atoms with Crippen LogP contribution in [-0.4, -0.2) is 44.7 Å². The van der Waals surface area contributed by atoms with Crippen LogP contribution in [0.4, 0.5) is 0 Å². The van der Waals surface area contributed by atoms with Crippen molar-refractivity contribution >= 4 is 45.4 Å². The lowest BCUT2D eigenvalue weighted by atomic mass is 9.77. The number of imidazole rings is 1. The van der Waals surface area contributed by atoms with Crippen LogP contribution in [0.15, 0.2) is 53.6 Å². The molecule has 7 nitrogen and oxygen atoms in total. The lowest BCUT2D eigenvalue weighted by Crippen LogP contribution is -2.64. The molecule has 172 valence electrons. The second kappa shape index (κ2) is 8.30. The lowest BCUT2D eigenvalue weighted by Gasteiger charge is -2.47. The van der Waals surface area contributed by atoms with Crippen LogP contribution < -0.4 is 9.67 Å². The van der Waals surface area contributed by atoms with Crippen molar-refractivity contribution < 1.29 is 24.4 Å². The van der Waals surface area contributed by atoms with Gasteiger partial charge in [-0.1, -0.05) is 60.4 Å². The maximum absolute atomic E-state index is 12.6. The van der Waals surface area contributed by atoms with Gasteiger partial charge in [0.25, 0.3) is 6.33 Å². The summed E-state index contributed by atoms with van der Waals surface area (Å²) in [5, 5.41) is 23.2. The predicted octanol–water partition coefficient (Wildman–Crippen LogP) is 1.57. The minimum Gasteiger partial charge on any atom is -0.543 e. The van der Waals surface area contributed by atoms with Gasteiger partial charge in [0, 0.05) is 17.9 Å². The summed E-state index contributed by atoms with van der Waals surface area (Å²) in [7, 11) is 0. The maximum atomic E-state index is 12.6. The van der Waals surface area contributed by atoms with E-state index in [-0.39, 0.29) is 23.6 Å². The first-order chi connectivity index (χ1) is 15.8. The number of aryl methyl sites for hydroxylation is 2. The Labute approximate surface area is 200 Å². The zero-order valence-electron chi connectivity index (χ0n) is 18.6. The number of carboxylic acids is 1. The maximum Gasteiger partial charge on any atom is 0.250 e. The van der Waals surface area contributed by atoms with Crippen LogP contribution in [0.5, 0.6) is 0 Å². The number of carbonyl (C=O) groups is 2. The number of rotatable bonds is 7. The molecule has 4 atom stereocenters. The number of nitrogens with zero attached hydrogens (tertiary/aromatic N) is 3.